The van der Waals surface area contributed by atoms with Crippen LogP contribution in [0.3, 0.4) is 0 Å². The van der Waals surface area contributed by atoms with Gasteiger partial charge in [0.1, 0.15) is 0 Å². The molecule has 1 amide bonds. The number of piperidine rings is 2. The topological polar surface area (TPSA) is 70.1 Å². The summed E-state index contributed by atoms with van der Waals surface area (Å²) in [6.07, 6.45) is 7.95. The van der Waals surface area contributed by atoms with Gasteiger partial charge in [0, 0.05) is 37.9 Å². The molecule has 0 aliphatic carbocycles. The van der Waals surface area contributed by atoms with E-state index in [9.17, 15) is 4.79 Å². The summed E-state index contributed by atoms with van der Waals surface area (Å²) < 4.78 is 1.75. The van der Waals surface area contributed by atoms with Crippen LogP contribution in [0.1, 0.15) is 43.0 Å². The molecule has 2 aromatic rings. The van der Waals surface area contributed by atoms with Crippen LogP contribution < -0.4 is 4.90 Å². The molecule has 0 radical (unpaired) electrons. The first kappa shape index (κ1) is 16.3. The zero-order chi connectivity index (χ0) is 17.4. The van der Waals surface area contributed by atoms with Crippen molar-refractivity contribution in [3.8, 4) is 0 Å². The Morgan fingerprint density at radius 1 is 1.24 bits per heavy atom. The number of nitrogens with zero attached hydrogens (tertiary/aromatic N) is 5. The van der Waals surface area contributed by atoms with E-state index in [1.54, 1.807) is 10.9 Å². The van der Waals surface area contributed by atoms with Gasteiger partial charge >= 0.3 is 0 Å². The second kappa shape index (κ2) is 6.63. The van der Waals surface area contributed by atoms with E-state index in [1.807, 2.05) is 25.1 Å². The van der Waals surface area contributed by atoms with E-state index in [2.05, 4.69) is 26.3 Å². The van der Waals surface area contributed by atoms with Crippen molar-refractivity contribution >= 4 is 11.6 Å². The van der Waals surface area contributed by atoms with Gasteiger partial charge < -0.3 is 4.90 Å². The molecular formula is C18H26N6O. The predicted octanol–water partition coefficient (Wildman–Crippen LogP) is 1.83. The van der Waals surface area contributed by atoms with Gasteiger partial charge in [0.15, 0.2) is 0 Å². The molecule has 2 fully saturated rings. The van der Waals surface area contributed by atoms with E-state index >= 15 is 0 Å². The lowest BCUT2D eigenvalue weighted by atomic mass is 9.91. The fourth-order valence-electron chi connectivity index (χ4n) is 4.18. The molecule has 25 heavy (non-hydrogen) atoms. The summed E-state index contributed by atoms with van der Waals surface area (Å²) >= 11 is 0. The number of rotatable bonds is 3. The van der Waals surface area contributed by atoms with E-state index < -0.39 is 0 Å². The molecule has 1 N–H and O–H groups in total. The number of carbonyl (C=O) groups is 1. The molecule has 134 valence electrons. The molecule has 2 aromatic heterocycles. The highest BCUT2D eigenvalue weighted by atomic mass is 16.2. The molecule has 0 spiro atoms. The van der Waals surface area contributed by atoms with Crippen LogP contribution in [0.2, 0.25) is 0 Å². The molecule has 2 saturated heterocycles. The lowest BCUT2D eigenvalue weighted by molar-refractivity contribution is -0.125. The fraction of sp³-hybridized carbons (Fsp3) is 0.611. The van der Waals surface area contributed by atoms with E-state index in [0.29, 0.717) is 5.92 Å². The van der Waals surface area contributed by atoms with Crippen molar-refractivity contribution in [2.45, 2.75) is 44.6 Å². The summed E-state index contributed by atoms with van der Waals surface area (Å²) in [5.74, 6) is 0.637. The summed E-state index contributed by atoms with van der Waals surface area (Å²) in [4.78, 5) is 17.4. The Labute approximate surface area is 148 Å². The van der Waals surface area contributed by atoms with Gasteiger partial charge in [-0.25, -0.2) is 0 Å². The third kappa shape index (κ3) is 3.20. The number of anilines is 1. The summed E-state index contributed by atoms with van der Waals surface area (Å²) in [6.45, 7) is 4.74. The quantitative estimate of drug-likeness (QED) is 0.924. The van der Waals surface area contributed by atoms with Gasteiger partial charge in [0.2, 0.25) is 5.91 Å². The Morgan fingerprint density at radius 2 is 2.08 bits per heavy atom. The highest BCUT2D eigenvalue weighted by molar-refractivity contribution is 5.97. The first-order valence-corrected chi connectivity index (χ1v) is 9.18. The van der Waals surface area contributed by atoms with Gasteiger partial charge in [-0.05, 0) is 45.2 Å². The van der Waals surface area contributed by atoms with Crippen molar-refractivity contribution < 1.29 is 4.79 Å². The van der Waals surface area contributed by atoms with E-state index in [4.69, 9.17) is 0 Å². The zero-order valence-electron chi connectivity index (χ0n) is 15.0. The second-order valence-corrected chi connectivity index (χ2v) is 7.33. The van der Waals surface area contributed by atoms with Gasteiger partial charge in [-0.3, -0.25) is 19.5 Å². The summed E-state index contributed by atoms with van der Waals surface area (Å²) in [7, 11) is 1.89. The van der Waals surface area contributed by atoms with Crippen LogP contribution in [0, 0.1) is 6.92 Å². The maximum atomic E-state index is 13.1. The SMILES string of the molecule is Cc1cc(C2CCCN(C3CCCN(c4cnn(C)c4)C3=O)C2)n[nH]1. The van der Waals surface area contributed by atoms with Crippen molar-refractivity contribution in [2.24, 2.45) is 7.05 Å². The minimum Gasteiger partial charge on any atom is -0.308 e. The predicted molar refractivity (Wildman–Crippen MR) is 95.5 cm³/mol. The van der Waals surface area contributed by atoms with Gasteiger partial charge in [0.25, 0.3) is 0 Å². The standard InChI is InChI=1S/C18H26N6O/c1-13-9-16(21-20-13)14-5-3-7-23(11-14)17-6-4-8-24(18(17)25)15-10-19-22(2)12-15/h9-10,12,14,17H,3-8,11H2,1-2H3,(H,20,21). The number of aromatic nitrogens is 4. The van der Waals surface area contributed by atoms with Gasteiger partial charge in [-0.15, -0.1) is 0 Å². The van der Waals surface area contributed by atoms with E-state index in [0.717, 1.165) is 62.4 Å². The van der Waals surface area contributed by atoms with Crippen LogP contribution in [0.4, 0.5) is 5.69 Å². The number of aryl methyl sites for hydroxylation is 2. The normalized spacial score (nSPS) is 25.5. The van der Waals surface area contributed by atoms with Crippen LogP contribution >= 0.6 is 0 Å². The number of amides is 1. The summed E-state index contributed by atoms with van der Waals surface area (Å²) in [5.41, 5.74) is 3.15. The monoisotopic (exact) mass is 342 g/mol. The molecule has 4 rings (SSSR count). The Hall–Kier alpha value is -2.15. The van der Waals surface area contributed by atoms with E-state index in [1.165, 1.54) is 0 Å². The molecule has 0 saturated carbocycles. The molecular weight excluding hydrogens is 316 g/mol. The van der Waals surface area contributed by atoms with Gasteiger partial charge in [-0.2, -0.15) is 10.2 Å². The Bertz CT molecular complexity index is 750. The highest BCUT2D eigenvalue weighted by Gasteiger charge is 2.37. The molecule has 2 aliphatic rings. The number of nitrogens with one attached hydrogen (secondary N) is 1. The van der Waals surface area contributed by atoms with Crippen LogP contribution in [-0.4, -0.2) is 56.5 Å². The lowest BCUT2D eigenvalue weighted by Crippen LogP contribution is -2.54. The third-order valence-electron chi connectivity index (χ3n) is 5.45. The number of carbonyl (C=O) groups excluding carboxylic acids is 1. The van der Waals surface area contributed by atoms with E-state index in [-0.39, 0.29) is 11.9 Å². The zero-order valence-corrected chi connectivity index (χ0v) is 15.0. The lowest BCUT2D eigenvalue weighted by Gasteiger charge is -2.41. The van der Waals surface area contributed by atoms with Crippen molar-refractivity contribution in [1.29, 1.82) is 0 Å². The molecule has 2 unspecified atom stereocenters. The third-order valence-corrected chi connectivity index (χ3v) is 5.45. The number of likely N-dealkylation sites (tertiary alicyclic amines) is 1. The Balaban J connectivity index is 1.49. The highest BCUT2D eigenvalue weighted by Crippen LogP contribution is 2.30. The number of hydrogen-bond acceptors (Lipinski definition) is 4. The first-order chi connectivity index (χ1) is 12.1. The molecule has 7 heteroatoms. The Morgan fingerprint density at radius 3 is 2.80 bits per heavy atom. The largest absolute Gasteiger partial charge is 0.308 e. The van der Waals surface area contributed by atoms with Crippen molar-refractivity contribution in [3.63, 3.8) is 0 Å². The van der Waals surface area contributed by atoms with Crippen molar-refractivity contribution in [3.05, 3.63) is 29.8 Å². The smallest absolute Gasteiger partial charge is 0.244 e. The average molecular weight is 342 g/mol. The van der Waals surface area contributed by atoms with Crippen LogP contribution in [0.25, 0.3) is 0 Å². The molecule has 0 aromatic carbocycles. The molecule has 0 bridgehead atoms. The Kier molecular flexibility index (Phi) is 4.33. The van der Waals surface area contributed by atoms with Crippen LogP contribution in [0.5, 0.6) is 0 Å². The minimum atomic E-state index is -0.0169. The average Bonchev–Trinajstić information content (AvgIpc) is 3.24. The second-order valence-electron chi connectivity index (χ2n) is 7.33. The number of aromatic amines is 1. The molecule has 4 heterocycles. The fourth-order valence-corrected chi connectivity index (χ4v) is 4.18. The molecule has 7 nitrogen and oxygen atoms in total. The van der Waals surface area contributed by atoms with Gasteiger partial charge in [-0.1, -0.05) is 0 Å². The van der Waals surface area contributed by atoms with Crippen LogP contribution in [0.15, 0.2) is 18.5 Å². The van der Waals surface area contributed by atoms with Crippen molar-refractivity contribution in [1.82, 2.24) is 24.9 Å². The summed E-state index contributed by atoms with van der Waals surface area (Å²) in [5, 5.41) is 11.7. The minimum absolute atomic E-state index is 0.0169. The first-order valence-electron chi connectivity index (χ1n) is 9.18. The number of H-pyrrole nitrogens is 1. The van der Waals surface area contributed by atoms with Crippen LogP contribution in [-0.2, 0) is 11.8 Å². The molecule has 2 atom stereocenters. The maximum Gasteiger partial charge on any atom is 0.244 e. The number of hydrogen-bond donors (Lipinski definition) is 1. The van der Waals surface area contributed by atoms with Crippen molar-refractivity contribution in [2.75, 3.05) is 24.5 Å². The summed E-state index contributed by atoms with van der Waals surface area (Å²) in [6, 6.07) is 2.12. The molecule has 2 aliphatic heterocycles. The van der Waals surface area contributed by atoms with Gasteiger partial charge in [0.05, 0.1) is 23.6 Å². The maximum absolute atomic E-state index is 13.1.